The standard InChI is InChI=1S/C55H43N5/c1-37-18-6-3-9-23-41(53-56-52(39-20-7-4-8-21-39)57-54(58-53)42-30-29-38-19-12-13-22-40(38)33-42)34-44(32-37)59-48-27-15-14-26-45(48)46-35-47-50(36-49(46)59)60(43-24-10-5-11-25-43)51-28-16-17-31-55(47,51)2/h3-22,24-37,51H,23H2,1-2H3/b9-3-,18-6-,41-34?,44-32+. The number of para-hydroxylation sites is 2. The molecule has 8 aromatic rings. The van der Waals surface area contributed by atoms with Gasteiger partial charge in [-0.3, -0.25) is 0 Å². The van der Waals surface area contributed by atoms with Crippen molar-refractivity contribution >= 4 is 55.2 Å². The van der Waals surface area contributed by atoms with Gasteiger partial charge >= 0.3 is 0 Å². The maximum Gasteiger partial charge on any atom is 0.164 e. The number of anilines is 2. The molecule has 0 spiro atoms. The van der Waals surface area contributed by atoms with Gasteiger partial charge in [0.25, 0.3) is 0 Å². The van der Waals surface area contributed by atoms with E-state index in [1.807, 2.05) is 18.2 Å². The maximum atomic E-state index is 5.29. The molecular weight excluding hydrogens is 731 g/mol. The largest absolute Gasteiger partial charge is 0.333 e. The molecule has 60 heavy (non-hydrogen) atoms. The molecule has 3 unspecified atom stereocenters. The molecule has 0 saturated carbocycles. The molecule has 5 nitrogen and oxygen atoms in total. The number of aromatic nitrogens is 4. The Morgan fingerprint density at radius 2 is 1.32 bits per heavy atom. The van der Waals surface area contributed by atoms with Gasteiger partial charge < -0.3 is 9.47 Å². The lowest BCUT2D eigenvalue weighted by molar-refractivity contribution is 0.551. The number of allylic oxidation sites excluding steroid dienone is 10. The fraction of sp³-hybridized carbons (Fsp3) is 0.109. The lowest BCUT2D eigenvalue weighted by atomic mass is 9.76. The van der Waals surface area contributed by atoms with E-state index in [0.29, 0.717) is 23.9 Å². The summed E-state index contributed by atoms with van der Waals surface area (Å²) in [6.07, 6.45) is 23.2. The highest BCUT2D eigenvalue weighted by atomic mass is 15.2. The molecule has 1 aliphatic heterocycles. The zero-order valence-electron chi connectivity index (χ0n) is 33.7. The summed E-state index contributed by atoms with van der Waals surface area (Å²) in [5.41, 5.74) is 9.87. The molecule has 0 bridgehead atoms. The number of fused-ring (bicyclic) bond motifs is 7. The fourth-order valence-electron chi connectivity index (χ4n) is 9.39. The van der Waals surface area contributed by atoms with Crippen molar-refractivity contribution in [3.8, 4) is 22.8 Å². The Labute approximate surface area is 350 Å². The summed E-state index contributed by atoms with van der Waals surface area (Å²) in [5.74, 6) is 2.11. The minimum atomic E-state index is -0.191. The maximum absolute atomic E-state index is 5.29. The molecule has 3 aliphatic rings. The molecule has 0 saturated heterocycles. The van der Waals surface area contributed by atoms with Gasteiger partial charge in [0, 0.05) is 50.0 Å². The van der Waals surface area contributed by atoms with Crippen LogP contribution in [0.1, 0.15) is 31.7 Å². The predicted molar refractivity (Wildman–Crippen MR) is 250 cm³/mol. The van der Waals surface area contributed by atoms with Crippen molar-refractivity contribution in [2.75, 3.05) is 4.90 Å². The van der Waals surface area contributed by atoms with Crippen molar-refractivity contribution in [3.05, 3.63) is 212 Å². The van der Waals surface area contributed by atoms with Crippen molar-refractivity contribution in [3.63, 3.8) is 0 Å². The van der Waals surface area contributed by atoms with Crippen molar-refractivity contribution in [2.24, 2.45) is 5.92 Å². The highest BCUT2D eigenvalue weighted by Gasteiger charge is 2.47. The summed E-state index contributed by atoms with van der Waals surface area (Å²) in [7, 11) is 0. The van der Waals surface area contributed by atoms with Crippen LogP contribution in [0, 0.1) is 5.92 Å². The summed E-state index contributed by atoms with van der Waals surface area (Å²) < 4.78 is 2.46. The number of benzene rings is 6. The van der Waals surface area contributed by atoms with E-state index >= 15 is 0 Å². The Hall–Kier alpha value is -7.37. The van der Waals surface area contributed by atoms with Gasteiger partial charge in [0.1, 0.15) is 0 Å². The average molecular weight is 774 g/mol. The summed E-state index contributed by atoms with van der Waals surface area (Å²) in [6.45, 7) is 4.63. The Kier molecular flexibility index (Phi) is 8.63. The van der Waals surface area contributed by atoms with Crippen molar-refractivity contribution in [1.82, 2.24) is 19.5 Å². The molecule has 0 fully saturated rings. The van der Waals surface area contributed by atoms with Crippen LogP contribution in [0.25, 0.3) is 66.6 Å². The molecule has 5 heteroatoms. The van der Waals surface area contributed by atoms with E-state index in [1.54, 1.807) is 0 Å². The fourth-order valence-corrected chi connectivity index (χ4v) is 9.39. The van der Waals surface area contributed by atoms with Crippen LogP contribution >= 0.6 is 0 Å². The normalized spacial score (nSPS) is 21.7. The van der Waals surface area contributed by atoms with Gasteiger partial charge in [-0.25, -0.2) is 15.0 Å². The van der Waals surface area contributed by atoms with Crippen molar-refractivity contribution in [2.45, 2.75) is 31.7 Å². The third kappa shape index (κ3) is 6.05. The first kappa shape index (κ1) is 35.8. The van der Waals surface area contributed by atoms with Gasteiger partial charge in [-0.15, -0.1) is 0 Å². The zero-order valence-corrected chi connectivity index (χ0v) is 33.7. The van der Waals surface area contributed by atoms with E-state index in [2.05, 4.69) is 205 Å². The highest BCUT2D eigenvalue weighted by molar-refractivity contribution is 6.12. The van der Waals surface area contributed by atoms with E-state index in [0.717, 1.165) is 38.8 Å². The summed E-state index contributed by atoms with van der Waals surface area (Å²) >= 11 is 0. The van der Waals surface area contributed by atoms with Gasteiger partial charge in [0.2, 0.25) is 0 Å². The monoisotopic (exact) mass is 773 g/mol. The van der Waals surface area contributed by atoms with Crippen LogP contribution in [0.15, 0.2) is 200 Å². The van der Waals surface area contributed by atoms with Crippen LogP contribution in [0.2, 0.25) is 0 Å². The topological polar surface area (TPSA) is 46.8 Å². The van der Waals surface area contributed by atoms with Crippen molar-refractivity contribution in [1.29, 1.82) is 0 Å². The molecule has 3 atom stereocenters. The summed E-state index contributed by atoms with van der Waals surface area (Å²) in [4.78, 5) is 18.2. The lowest BCUT2D eigenvalue weighted by Gasteiger charge is -2.34. The SMILES string of the molecule is CC1/C=C\C=C/CC(c2nc(-c3ccccc3)nc(-c3ccc4ccccc4c3)n2)=C/C(n2c3ccccc3c3cc4c(cc32)N(c2ccccc2)C2C=CC=CC42C)=C\1. The first-order valence-corrected chi connectivity index (χ1v) is 20.9. The van der Waals surface area contributed by atoms with Crippen LogP contribution in [0.4, 0.5) is 11.4 Å². The second-order valence-corrected chi connectivity index (χ2v) is 16.3. The van der Waals surface area contributed by atoms with E-state index in [9.17, 15) is 0 Å². The minimum absolute atomic E-state index is 0.148. The van der Waals surface area contributed by atoms with E-state index in [-0.39, 0.29) is 17.4 Å². The smallest absolute Gasteiger partial charge is 0.164 e. The molecule has 0 amide bonds. The Bertz CT molecular complexity index is 3160. The second-order valence-electron chi connectivity index (χ2n) is 16.3. The summed E-state index contributed by atoms with van der Waals surface area (Å²) in [5, 5.41) is 4.79. The number of hydrogen-bond acceptors (Lipinski definition) is 4. The molecule has 2 aliphatic carbocycles. The lowest BCUT2D eigenvalue weighted by Crippen LogP contribution is -2.39. The molecule has 288 valence electrons. The molecule has 6 aromatic carbocycles. The Balaban J connectivity index is 1.15. The Morgan fingerprint density at radius 1 is 0.600 bits per heavy atom. The minimum Gasteiger partial charge on any atom is -0.333 e. The Morgan fingerprint density at radius 3 is 2.17 bits per heavy atom. The van der Waals surface area contributed by atoms with Gasteiger partial charge in [0.05, 0.1) is 17.1 Å². The van der Waals surface area contributed by atoms with Crippen LogP contribution in [0.5, 0.6) is 0 Å². The van der Waals surface area contributed by atoms with E-state index in [1.165, 1.54) is 33.1 Å². The quantitative estimate of drug-likeness (QED) is 0.175. The highest BCUT2D eigenvalue weighted by Crippen LogP contribution is 2.53. The molecule has 0 N–H and O–H groups in total. The third-order valence-electron chi connectivity index (χ3n) is 12.4. The van der Waals surface area contributed by atoms with Gasteiger partial charge in [0.15, 0.2) is 17.5 Å². The van der Waals surface area contributed by atoms with Crippen LogP contribution in [-0.2, 0) is 5.41 Å². The first-order chi connectivity index (χ1) is 29.5. The second kappa shape index (κ2) is 14.5. The van der Waals surface area contributed by atoms with Crippen LogP contribution in [-0.4, -0.2) is 25.6 Å². The summed E-state index contributed by atoms with van der Waals surface area (Å²) in [6, 6.07) is 49.8. The third-order valence-corrected chi connectivity index (χ3v) is 12.4. The van der Waals surface area contributed by atoms with E-state index < -0.39 is 0 Å². The molecular formula is C55H43N5. The predicted octanol–water partition coefficient (Wildman–Crippen LogP) is 13.4. The average Bonchev–Trinajstić information content (AvgIpc) is 3.76. The number of hydrogen-bond donors (Lipinski definition) is 0. The van der Waals surface area contributed by atoms with Crippen molar-refractivity contribution < 1.29 is 0 Å². The van der Waals surface area contributed by atoms with Gasteiger partial charge in [-0.1, -0.05) is 165 Å². The zero-order chi connectivity index (χ0) is 40.2. The molecule has 11 rings (SSSR count). The number of rotatable bonds is 5. The first-order valence-electron chi connectivity index (χ1n) is 20.9. The molecule has 3 heterocycles. The molecule has 0 radical (unpaired) electrons. The van der Waals surface area contributed by atoms with Crippen LogP contribution < -0.4 is 4.90 Å². The van der Waals surface area contributed by atoms with E-state index in [4.69, 9.17) is 15.0 Å². The van der Waals surface area contributed by atoms with Crippen LogP contribution in [0.3, 0.4) is 0 Å². The van der Waals surface area contributed by atoms with Gasteiger partial charge in [-0.05, 0) is 78.1 Å². The van der Waals surface area contributed by atoms with Gasteiger partial charge in [-0.2, -0.15) is 0 Å². The molecule has 2 aromatic heterocycles. The number of nitrogens with zero attached hydrogens (tertiary/aromatic N) is 5.